The Morgan fingerprint density at radius 2 is 0.541 bits per heavy atom. The van der Waals surface area contributed by atoms with Crippen LogP contribution in [0.1, 0.15) is 0 Å². The van der Waals surface area contributed by atoms with Gasteiger partial charge in [-0.05, 0) is 0 Å². The molecule has 6 bridgehead atoms. The van der Waals surface area contributed by atoms with Crippen LogP contribution in [0.4, 0.5) is 0 Å². The van der Waals surface area contributed by atoms with Gasteiger partial charge in [-0.3, -0.25) is 14.7 Å². The molecule has 9 aliphatic heterocycles. The minimum absolute atomic E-state index is 0.308. The van der Waals surface area contributed by atoms with Crippen molar-refractivity contribution in [1.29, 1.82) is 0 Å². The van der Waals surface area contributed by atoms with E-state index in [2.05, 4.69) is 14.7 Å². The molecule has 0 atom stereocenters. The van der Waals surface area contributed by atoms with Crippen LogP contribution in [-0.4, -0.2) is 176 Å². The molecule has 9 rings (SSSR count). The van der Waals surface area contributed by atoms with Gasteiger partial charge in [-0.2, -0.15) is 0 Å². The highest BCUT2D eigenvalue weighted by atomic mass is 32.2. The lowest BCUT2D eigenvalue weighted by Crippen LogP contribution is -2.66. The third-order valence-electron chi connectivity index (χ3n) is 7.71. The average molecular weight is 597 g/mol. The SMILES string of the molecule is C1CN2CCO[Si](C[S+](C[Si]34OCCN(CCO3)CCO4)C[Si]34OCCN(CCO3)CCO4)(O1)OCC2. The maximum atomic E-state index is 6.47. The van der Waals surface area contributed by atoms with Gasteiger partial charge in [-0.25, -0.2) is 0 Å². The minimum Gasteiger partial charge on any atom is -0.369 e. The molecule has 0 spiro atoms. The molecule has 16 heteroatoms. The average Bonchev–Trinajstić information content (AvgIpc) is 2.75. The van der Waals surface area contributed by atoms with Gasteiger partial charge in [0.1, 0.15) is 0 Å². The van der Waals surface area contributed by atoms with E-state index in [9.17, 15) is 0 Å². The monoisotopic (exact) mass is 596 g/mol. The Kier molecular flexibility index (Phi) is 9.41. The molecule has 37 heavy (non-hydrogen) atoms. The molecule has 0 aliphatic carbocycles. The molecular formula is C21H42N3O9SSi3+. The van der Waals surface area contributed by atoms with Gasteiger partial charge >= 0.3 is 26.4 Å². The second-order valence-electron chi connectivity index (χ2n) is 10.3. The van der Waals surface area contributed by atoms with Crippen LogP contribution in [0.3, 0.4) is 0 Å². The van der Waals surface area contributed by atoms with Crippen molar-refractivity contribution in [2.45, 2.75) is 0 Å². The fourth-order valence-electron chi connectivity index (χ4n) is 5.63. The molecule has 0 radical (unpaired) electrons. The van der Waals surface area contributed by atoms with Crippen LogP contribution in [0.25, 0.3) is 0 Å². The van der Waals surface area contributed by atoms with Crippen LogP contribution in [0.5, 0.6) is 0 Å². The Bertz CT molecular complexity index is 591. The third-order valence-corrected chi connectivity index (χ3v) is 22.6. The van der Waals surface area contributed by atoms with Gasteiger partial charge in [0.15, 0.2) is 16.1 Å². The summed E-state index contributed by atoms with van der Waals surface area (Å²) in [5, 5.41) is 2.09. The summed E-state index contributed by atoms with van der Waals surface area (Å²) < 4.78 is 58.3. The first kappa shape index (κ1) is 27.7. The molecule has 212 valence electrons. The van der Waals surface area contributed by atoms with Crippen LogP contribution in [-0.2, 0) is 50.7 Å². The van der Waals surface area contributed by atoms with Gasteiger partial charge in [-0.15, -0.1) is 0 Å². The van der Waals surface area contributed by atoms with Gasteiger partial charge in [0.25, 0.3) is 0 Å². The molecule has 9 aliphatic rings. The Labute approximate surface area is 226 Å². The normalized spacial score (nSPS) is 44.3. The number of rotatable bonds is 6. The second kappa shape index (κ2) is 12.6. The Balaban J connectivity index is 1.26. The summed E-state index contributed by atoms with van der Waals surface area (Å²) in [6.07, 6.45) is 0. The molecule has 0 N–H and O–H groups in total. The largest absolute Gasteiger partial charge is 0.553 e. The summed E-state index contributed by atoms with van der Waals surface area (Å²) in [5.74, 6) is 0. The van der Waals surface area contributed by atoms with Crippen LogP contribution in [0, 0.1) is 0 Å². The van der Waals surface area contributed by atoms with E-state index in [1.54, 1.807) is 0 Å². The second-order valence-corrected chi connectivity index (χ2v) is 21.6. The quantitative estimate of drug-likeness (QED) is 0.255. The summed E-state index contributed by atoms with van der Waals surface area (Å²) in [6, 6.07) is 0. The highest BCUT2D eigenvalue weighted by Crippen LogP contribution is 2.28. The van der Waals surface area contributed by atoms with Crippen LogP contribution >= 0.6 is 0 Å². The van der Waals surface area contributed by atoms with E-state index in [0.29, 0.717) is 75.6 Å². The zero-order valence-electron chi connectivity index (χ0n) is 21.8. The van der Waals surface area contributed by atoms with Crippen LogP contribution < -0.4 is 0 Å². The maximum absolute atomic E-state index is 6.47. The van der Waals surface area contributed by atoms with Gasteiger partial charge < -0.3 is 39.8 Å². The molecule has 0 aromatic rings. The van der Waals surface area contributed by atoms with Crippen molar-refractivity contribution in [2.75, 3.05) is 134 Å². The molecule has 9 saturated heterocycles. The van der Waals surface area contributed by atoms with E-state index in [4.69, 9.17) is 39.8 Å². The zero-order chi connectivity index (χ0) is 25.0. The first-order chi connectivity index (χ1) is 18.1. The molecule has 0 aromatic carbocycles. The smallest absolute Gasteiger partial charge is 0.369 e. The summed E-state index contributed by atoms with van der Waals surface area (Å²) in [5.41, 5.74) is 0. The van der Waals surface area contributed by atoms with Crippen LogP contribution in [0.2, 0.25) is 0 Å². The standard InChI is InChI=1S/C21H42N3O9SSi3/c1-10-25-35(26-11-2-22(1)3-12-27-35)19-34(20-36-28-13-4-23(5-14-29-36)6-15-30-36)21-37-31-16-7-24(8-17-32-37)9-18-33-37/h1-21H2/q+1. The van der Waals surface area contributed by atoms with Gasteiger partial charge in [0.2, 0.25) is 0 Å². The van der Waals surface area contributed by atoms with Crippen LogP contribution in [0.15, 0.2) is 0 Å². The van der Waals surface area contributed by atoms with Gasteiger partial charge in [0, 0.05) is 69.8 Å². The summed E-state index contributed by atoms with van der Waals surface area (Å²) >= 11 is 0. The lowest BCUT2D eigenvalue weighted by molar-refractivity contribution is -0.00586. The Morgan fingerprint density at radius 1 is 0.351 bits per heavy atom. The third kappa shape index (κ3) is 7.06. The fraction of sp³-hybridized carbons (Fsp3) is 1.00. The van der Waals surface area contributed by atoms with E-state index in [1.807, 2.05) is 0 Å². The predicted molar refractivity (Wildman–Crippen MR) is 142 cm³/mol. The number of fused-ring (bicyclic) bond motifs is 18. The molecule has 0 amide bonds. The molecular weight excluding hydrogens is 555 g/mol. The van der Waals surface area contributed by atoms with Crippen molar-refractivity contribution in [3.05, 3.63) is 0 Å². The van der Waals surface area contributed by atoms with Gasteiger partial charge in [-0.1, -0.05) is 0 Å². The highest BCUT2D eigenvalue weighted by Gasteiger charge is 2.61. The van der Waals surface area contributed by atoms with Crippen molar-refractivity contribution >= 4 is 37.3 Å². The summed E-state index contributed by atoms with van der Waals surface area (Å²) in [7, 11) is -9.06. The summed E-state index contributed by atoms with van der Waals surface area (Å²) in [4.78, 5) is 7.04. The molecule has 12 nitrogen and oxygen atoms in total. The zero-order valence-corrected chi connectivity index (χ0v) is 25.6. The van der Waals surface area contributed by atoms with Crippen molar-refractivity contribution in [1.82, 2.24) is 14.7 Å². The molecule has 0 saturated carbocycles. The number of nitrogens with zero attached hydrogens (tertiary/aromatic N) is 3. The van der Waals surface area contributed by atoms with Gasteiger partial charge in [0.05, 0.1) is 59.5 Å². The van der Waals surface area contributed by atoms with Crippen molar-refractivity contribution in [3.63, 3.8) is 0 Å². The van der Waals surface area contributed by atoms with E-state index in [1.165, 1.54) is 0 Å². The van der Waals surface area contributed by atoms with E-state index < -0.39 is 26.4 Å². The molecule has 0 aromatic heterocycles. The highest BCUT2D eigenvalue weighted by molar-refractivity contribution is 8.01. The van der Waals surface area contributed by atoms with Crippen molar-refractivity contribution < 1.29 is 39.8 Å². The lowest BCUT2D eigenvalue weighted by atomic mass is 10.4. The van der Waals surface area contributed by atoms with E-state index >= 15 is 0 Å². The van der Waals surface area contributed by atoms with Crippen molar-refractivity contribution in [2.24, 2.45) is 0 Å². The predicted octanol–water partition coefficient (Wildman–Crippen LogP) is -1.82. The Morgan fingerprint density at radius 3 is 0.730 bits per heavy atom. The maximum Gasteiger partial charge on any atom is 0.553 e. The topological polar surface area (TPSA) is 92.8 Å². The minimum atomic E-state index is -2.92. The Hall–Kier alpha value is 0.521. The van der Waals surface area contributed by atoms with E-state index in [0.717, 1.165) is 58.9 Å². The molecule has 9 fully saturated rings. The number of hydrogen-bond acceptors (Lipinski definition) is 12. The summed E-state index contributed by atoms with van der Waals surface area (Å²) in [6.45, 7) is 14.0. The first-order valence-corrected chi connectivity index (χ1v) is 21.2. The van der Waals surface area contributed by atoms with Crippen molar-refractivity contribution in [3.8, 4) is 0 Å². The lowest BCUT2D eigenvalue weighted by Gasteiger charge is -2.41. The number of hydrogen-bond donors (Lipinski definition) is 0. The van der Waals surface area contributed by atoms with E-state index in [-0.39, 0.29) is 10.9 Å². The molecule has 0 unspecified atom stereocenters. The first-order valence-electron chi connectivity index (χ1n) is 13.7. The molecule has 9 heterocycles. The fourth-order valence-corrected chi connectivity index (χ4v) is 23.0.